The Morgan fingerprint density at radius 2 is 2.15 bits per heavy atom. The molecule has 0 spiro atoms. The summed E-state index contributed by atoms with van der Waals surface area (Å²) in [5.41, 5.74) is 0.195. The number of rotatable bonds is 4. The Balaban J connectivity index is 1.84. The van der Waals surface area contributed by atoms with Gasteiger partial charge in [0.15, 0.2) is 5.13 Å². The number of anilines is 1. The van der Waals surface area contributed by atoms with Crippen molar-refractivity contribution < 1.29 is 4.79 Å². The van der Waals surface area contributed by atoms with Gasteiger partial charge in [0.25, 0.3) is 0 Å². The monoisotopic (exact) mass is 295 g/mol. The molecule has 2 rings (SSSR count). The zero-order chi connectivity index (χ0) is 14.6. The lowest BCUT2D eigenvalue weighted by Crippen LogP contribution is -2.26. The highest BCUT2D eigenvalue weighted by molar-refractivity contribution is 7.15. The van der Waals surface area contributed by atoms with E-state index in [0.717, 1.165) is 24.6 Å². The molecule has 0 aromatic carbocycles. The summed E-state index contributed by atoms with van der Waals surface area (Å²) in [6.07, 6.45) is 5.72. The number of amides is 1. The van der Waals surface area contributed by atoms with Crippen LogP contribution in [0.15, 0.2) is 6.20 Å². The first-order valence-corrected chi connectivity index (χ1v) is 8.22. The second-order valence-electron chi connectivity index (χ2n) is 6.70. The quantitative estimate of drug-likeness (QED) is 0.895. The molecule has 1 aliphatic rings. The third-order valence-electron chi connectivity index (χ3n) is 3.61. The third-order valence-corrected chi connectivity index (χ3v) is 4.69. The lowest BCUT2D eigenvalue weighted by atomic mass is 9.90. The molecule has 1 saturated heterocycles. The van der Waals surface area contributed by atoms with E-state index >= 15 is 0 Å². The average Bonchev–Trinajstić information content (AvgIpc) is 2.85. The molecule has 2 heterocycles. The van der Waals surface area contributed by atoms with Gasteiger partial charge in [-0.25, -0.2) is 4.98 Å². The van der Waals surface area contributed by atoms with Crippen molar-refractivity contribution in [2.45, 2.75) is 52.4 Å². The molecule has 1 amide bonds. The predicted molar refractivity (Wildman–Crippen MR) is 84.3 cm³/mol. The second-order valence-corrected chi connectivity index (χ2v) is 7.76. The van der Waals surface area contributed by atoms with Crippen molar-refractivity contribution in [3.8, 4) is 0 Å². The number of hydrogen-bond acceptors (Lipinski definition) is 4. The zero-order valence-corrected chi connectivity index (χ0v) is 13.5. The van der Waals surface area contributed by atoms with E-state index in [-0.39, 0.29) is 11.3 Å². The van der Waals surface area contributed by atoms with E-state index < -0.39 is 0 Å². The summed E-state index contributed by atoms with van der Waals surface area (Å²) in [5, 5.41) is 7.04. The number of carbonyl (C=O) groups excluding carboxylic acids is 1. The summed E-state index contributed by atoms with van der Waals surface area (Å²) in [5.74, 6) is 0.681. The van der Waals surface area contributed by atoms with Gasteiger partial charge in [0.2, 0.25) is 5.91 Å². The van der Waals surface area contributed by atoms with Crippen LogP contribution in [-0.2, 0) is 4.79 Å². The van der Waals surface area contributed by atoms with E-state index in [9.17, 15) is 4.79 Å². The lowest BCUT2D eigenvalue weighted by Gasteiger charge is -2.20. The van der Waals surface area contributed by atoms with Crippen molar-refractivity contribution in [1.82, 2.24) is 10.3 Å². The molecule has 20 heavy (non-hydrogen) atoms. The van der Waals surface area contributed by atoms with E-state index in [1.54, 1.807) is 11.3 Å². The largest absolute Gasteiger partial charge is 0.317 e. The van der Waals surface area contributed by atoms with Crippen LogP contribution in [0.1, 0.15) is 57.2 Å². The van der Waals surface area contributed by atoms with Crippen LogP contribution in [0.25, 0.3) is 0 Å². The van der Waals surface area contributed by atoms with Crippen molar-refractivity contribution in [2.75, 3.05) is 18.4 Å². The van der Waals surface area contributed by atoms with Crippen molar-refractivity contribution in [3.05, 3.63) is 11.1 Å². The summed E-state index contributed by atoms with van der Waals surface area (Å²) in [4.78, 5) is 17.5. The first kappa shape index (κ1) is 15.4. The van der Waals surface area contributed by atoms with Gasteiger partial charge >= 0.3 is 0 Å². The van der Waals surface area contributed by atoms with E-state index in [2.05, 4.69) is 36.4 Å². The van der Waals surface area contributed by atoms with Gasteiger partial charge < -0.3 is 10.6 Å². The van der Waals surface area contributed by atoms with Gasteiger partial charge in [0, 0.05) is 17.5 Å². The maximum atomic E-state index is 11.9. The highest BCUT2D eigenvalue weighted by Gasteiger charge is 2.19. The summed E-state index contributed by atoms with van der Waals surface area (Å²) in [6.45, 7) is 8.61. The Morgan fingerprint density at radius 1 is 1.45 bits per heavy atom. The van der Waals surface area contributed by atoms with Gasteiger partial charge in [-0.15, -0.1) is 11.3 Å². The molecule has 0 bridgehead atoms. The number of nitrogens with zero attached hydrogens (tertiary/aromatic N) is 1. The zero-order valence-electron chi connectivity index (χ0n) is 12.7. The van der Waals surface area contributed by atoms with Crippen LogP contribution in [-0.4, -0.2) is 24.0 Å². The summed E-state index contributed by atoms with van der Waals surface area (Å²) in [7, 11) is 0. The first-order valence-electron chi connectivity index (χ1n) is 7.40. The first-order chi connectivity index (χ1) is 9.44. The van der Waals surface area contributed by atoms with Crippen LogP contribution in [0.2, 0.25) is 0 Å². The van der Waals surface area contributed by atoms with Gasteiger partial charge in [-0.05, 0) is 43.7 Å². The Hall–Kier alpha value is -0.940. The molecule has 4 nitrogen and oxygen atoms in total. The second kappa shape index (κ2) is 6.68. The van der Waals surface area contributed by atoms with E-state index in [4.69, 9.17) is 0 Å². The molecule has 1 fully saturated rings. The Morgan fingerprint density at radius 3 is 2.80 bits per heavy atom. The molecule has 1 aromatic heterocycles. The topological polar surface area (TPSA) is 54.0 Å². The fourth-order valence-corrected chi connectivity index (χ4v) is 3.31. The normalized spacial score (nSPS) is 17.1. The Bertz CT molecular complexity index is 444. The van der Waals surface area contributed by atoms with E-state index in [0.29, 0.717) is 12.3 Å². The number of piperidine rings is 1. The van der Waals surface area contributed by atoms with Crippen LogP contribution in [0, 0.1) is 5.41 Å². The maximum absolute atomic E-state index is 11.9. The molecular formula is C15H25N3OS. The number of carbonyl (C=O) groups is 1. The highest BCUT2D eigenvalue weighted by atomic mass is 32.1. The molecule has 112 valence electrons. The molecule has 1 aliphatic heterocycles. The SMILES string of the molecule is CC(C)(C)CCC(=O)Nc1ncc(C2CCNCC2)s1. The van der Waals surface area contributed by atoms with E-state index in [1.165, 1.54) is 17.7 Å². The third kappa shape index (κ3) is 4.87. The van der Waals surface area contributed by atoms with Gasteiger partial charge in [0.1, 0.15) is 0 Å². The minimum absolute atomic E-state index is 0.0751. The van der Waals surface area contributed by atoms with Crippen molar-refractivity contribution in [3.63, 3.8) is 0 Å². The molecule has 0 aliphatic carbocycles. The molecular weight excluding hydrogens is 270 g/mol. The minimum atomic E-state index is 0.0751. The van der Waals surface area contributed by atoms with Crippen LogP contribution in [0.5, 0.6) is 0 Å². The smallest absolute Gasteiger partial charge is 0.226 e. The van der Waals surface area contributed by atoms with Gasteiger partial charge in [0.05, 0.1) is 0 Å². The van der Waals surface area contributed by atoms with Crippen LogP contribution in [0.4, 0.5) is 5.13 Å². The van der Waals surface area contributed by atoms with Crippen LogP contribution >= 0.6 is 11.3 Å². The summed E-state index contributed by atoms with van der Waals surface area (Å²) in [6, 6.07) is 0. The number of hydrogen-bond donors (Lipinski definition) is 2. The van der Waals surface area contributed by atoms with Gasteiger partial charge in [-0.3, -0.25) is 4.79 Å². The minimum Gasteiger partial charge on any atom is -0.317 e. The van der Waals surface area contributed by atoms with Crippen LogP contribution in [0.3, 0.4) is 0 Å². The molecule has 5 heteroatoms. The molecule has 0 unspecified atom stereocenters. The molecule has 0 radical (unpaired) electrons. The highest BCUT2D eigenvalue weighted by Crippen LogP contribution is 2.31. The Kier molecular flexibility index (Phi) is 5.16. The van der Waals surface area contributed by atoms with Crippen LogP contribution < -0.4 is 10.6 Å². The number of nitrogens with one attached hydrogen (secondary N) is 2. The standard InChI is InChI=1S/C15H25N3OS/c1-15(2,3)7-4-13(19)18-14-17-10-12(20-14)11-5-8-16-9-6-11/h10-11,16H,4-9H2,1-3H3,(H,17,18,19). The van der Waals surface area contributed by atoms with Crippen molar-refractivity contribution in [1.29, 1.82) is 0 Å². The predicted octanol–water partition coefficient (Wildman–Crippen LogP) is 3.37. The lowest BCUT2D eigenvalue weighted by molar-refractivity contribution is -0.116. The van der Waals surface area contributed by atoms with Crippen molar-refractivity contribution >= 4 is 22.4 Å². The molecule has 0 atom stereocenters. The number of thiazole rings is 1. The average molecular weight is 295 g/mol. The molecule has 1 aromatic rings. The van der Waals surface area contributed by atoms with Gasteiger partial charge in [-0.1, -0.05) is 20.8 Å². The van der Waals surface area contributed by atoms with Gasteiger partial charge in [-0.2, -0.15) is 0 Å². The molecule has 0 saturated carbocycles. The fourth-order valence-electron chi connectivity index (χ4n) is 2.31. The summed E-state index contributed by atoms with van der Waals surface area (Å²) >= 11 is 1.63. The number of aromatic nitrogens is 1. The fraction of sp³-hybridized carbons (Fsp3) is 0.733. The maximum Gasteiger partial charge on any atom is 0.226 e. The molecule has 2 N–H and O–H groups in total. The Labute approximate surface area is 125 Å². The summed E-state index contributed by atoms with van der Waals surface area (Å²) < 4.78 is 0. The van der Waals surface area contributed by atoms with E-state index in [1.807, 2.05) is 6.20 Å². The van der Waals surface area contributed by atoms with Crippen molar-refractivity contribution in [2.24, 2.45) is 5.41 Å².